The molecule has 20 heavy (non-hydrogen) atoms. The first kappa shape index (κ1) is 14.8. The van der Waals surface area contributed by atoms with Crippen molar-refractivity contribution in [1.29, 1.82) is 0 Å². The van der Waals surface area contributed by atoms with E-state index >= 15 is 0 Å². The molecular weight excluding hydrogens is 344 g/mol. The summed E-state index contributed by atoms with van der Waals surface area (Å²) in [5, 5.41) is 3.67. The number of carbonyl (C=O) groups excluding carboxylic acids is 1. The van der Waals surface area contributed by atoms with E-state index in [1.54, 1.807) is 30.6 Å². The minimum atomic E-state index is -0.428. The van der Waals surface area contributed by atoms with E-state index in [0.717, 1.165) is 10.0 Å². The first-order chi connectivity index (χ1) is 9.60. The zero-order chi connectivity index (χ0) is 14.5. The van der Waals surface area contributed by atoms with Crippen LogP contribution in [0, 0.1) is 0 Å². The average Bonchev–Trinajstić information content (AvgIpc) is 2.45. The van der Waals surface area contributed by atoms with Gasteiger partial charge in [0.2, 0.25) is 0 Å². The summed E-state index contributed by atoms with van der Waals surface area (Å²) >= 11 is 9.27. The highest BCUT2D eigenvalue weighted by atomic mass is 79.9. The van der Waals surface area contributed by atoms with Crippen molar-refractivity contribution in [2.24, 2.45) is 0 Å². The number of aromatic nitrogens is 1. The van der Waals surface area contributed by atoms with Crippen molar-refractivity contribution in [3.63, 3.8) is 0 Å². The van der Waals surface area contributed by atoms with E-state index in [1.165, 1.54) is 7.11 Å². The molecule has 1 heterocycles. The van der Waals surface area contributed by atoms with Crippen molar-refractivity contribution in [3.05, 3.63) is 57.3 Å². The summed E-state index contributed by atoms with van der Waals surface area (Å²) in [5.74, 6) is -0.428. The topological polar surface area (TPSA) is 51.2 Å². The smallest absolute Gasteiger partial charge is 0.340 e. The lowest BCUT2D eigenvalue weighted by Crippen LogP contribution is -2.08. The Bertz CT molecular complexity index is 634. The first-order valence-corrected chi connectivity index (χ1v) is 6.98. The molecule has 2 rings (SSSR count). The summed E-state index contributed by atoms with van der Waals surface area (Å²) in [6, 6.07) is 7.00. The summed E-state index contributed by atoms with van der Waals surface area (Å²) in [5.41, 5.74) is 2.06. The number of esters is 1. The maximum absolute atomic E-state index is 11.7. The molecule has 0 saturated heterocycles. The second-order valence-corrected chi connectivity index (χ2v) is 5.40. The Balaban J connectivity index is 2.19. The number of benzene rings is 1. The molecule has 0 aliphatic heterocycles. The van der Waals surface area contributed by atoms with Crippen molar-refractivity contribution in [1.82, 2.24) is 4.98 Å². The Hall–Kier alpha value is -1.59. The zero-order valence-electron chi connectivity index (χ0n) is 10.7. The number of nitrogens with zero attached hydrogens (tertiary/aromatic N) is 1. The fourth-order valence-electron chi connectivity index (χ4n) is 1.70. The Morgan fingerprint density at radius 3 is 2.90 bits per heavy atom. The molecule has 0 aliphatic carbocycles. The molecular formula is C14H12BrClN2O2. The molecule has 1 aromatic carbocycles. The van der Waals surface area contributed by atoms with Gasteiger partial charge < -0.3 is 10.1 Å². The second kappa shape index (κ2) is 6.72. The number of hydrogen-bond acceptors (Lipinski definition) is 4. The highest BCUT2D eigenvalue weighted by Gasteiger charge is 2.12. The van der Waals surface area contributed by atoms with Crippen LogP contribution in [0.5, 0.6) is 0 Å². The van der Waals surface area contributed by atoms with Gasteiger partial charge in [-0.15, -0.1) is 0 Å². The molecule has 0 saturated carbocycles. The molecule has 0 atom stereocenters. The molecule has 104 valence electrons. The maximum Gasteiger partial charge on any atom is 0.340 e. The fraction of sp³-hybridized carbons (Fsp3) is 0.143. The van der Waals surface area contributed by atoms with Gasteiger partial charge in [-0.3, -0.25) is 4.98 Å². The van der Waals surface area contributed by atoms with Crippen LogP contribution in [0.15, 0.2) is 41.1 Å². The molecule has 1 N–H and O–H groups in total. The highest BCUT2D eigenvalue weighted by molar-refractivity contribution is 9.10. The van der Waals surface area contributed by atoms with Gasteiger partial charge in [0.1, 0.15) is 0 Å². The molecule has 0 unspecified atom stereocenters. The number of rotatable bonds is 4. The van der Waals surface area contributed by atoms with Crippen LogP contribution < -0.4 is 5.32 Å². The van der Waals surface area contributed by atoms with E-state index in [2.05, 4.69) is 26.2 Å². The van der Waals surface area contributed by atoms with Crippen molar-refractivity contribution >= 4 is 39.2 Å². The van der Waals surface area contributed by atoms with Crippen LogP contribution in [0.4, 0.5) is 5.69 Å². The van der Waals surface area contributed by atoms with Crippen LogP contribution in [-0.2, 0) is 11.3 Å². The number of pyridine rings is 1. The van der Waals surface area contributed by atoms with Gasteiger partial charge in [0.25, 0.3) is 0 Å². The Morgan fingerprint density at radius 2 is 2.20 bits per heavy atom. The molecule has 0 bridgehead atoms. The highest BCUT2D eigenvalue weighted by Crippen LogP contribution is 2.22. The summed E-state index contributed by atoms with van der Waals surface area (Å²) < 4.78 is 5.65. The standard InChI is InChI=1S/C14H12BrClN2O2/c1-20-14(19)12-5-11(16)2-3-13(12)18-7-9-4-10(15)8-17-6-9/h2-6,8,18H,7H2,1H3. The lowest BCUT2D eigenvalue weighted by molar-refractivity contribution is 0.0602. The van der Waals surface area contributed by atoms with Crippen LogP contribution in [0.2, 0.25) is 5.02 Å². The van der Waals surface area contributed by atoms with Gasteiger partial charge in [0.05, 0.1) is 12.7 Å². The van der Waals surface area contributed by atoms with Crippen LogP contribution in [0.1, 0.15) is 15.9 Å². The maximum atomic E-state index is 11.7. The number of halogens is 2. The van der Waals surface area contributed by atoms with Crippen molar-refractivity contribution in [2.75, 3.05) is 12.4 Å². The van der Waals surface area contributed by atoms with Gasteiger partial charge >= 0.3 is 5.97 Å². The molecule has 6 heteroatoms. The number of ether oxygens (including phenoxy) is 1. The quantitative estimate of drug-likeness (QED) is 0.845. The van der Waals surface area contributed by atoms with E-state index in [-0.39, 0.29) is 0 Å². The molecule has 0 radical (unpaired) electrons. The Kier molecular flexibility index (Phi) is 4.98. The second-order valence-electron chi connectivity index (χ2n) is 4.05. The summed E-state index contributed by atoms with van der Waals surface area (Å²) in [6.07, 6.45) is 3.47. The van der Waals surface area contributed by atoms with Crippen LogP contribution in [-0.4, -0.2) is 18.1 Å². The SMILES string of the molecule is COC(=O)c1cc(Cl)ccc1NCc1cncc(Br)c1. The predicted octanol–water partition coefficient (Wildman–Crippen LogP) is 3.90. The van der Waals surface area contributed by atoms with Gasteiger partial charge in [-0.1, -0.05) is 11.6 Å². The van der Waals surface area contributed by atoms with Crippen molar-refractivity contribution in [2.45, 2.75) is 6.54 Å². The third-order valence-corrected chi connectivity index (χ3v) is 3.30. The van der Waals surface area contributed by atoms with Crippen molar-refractivity contribution < 1.29 is 9.53 Å². The van der Waals surface area contributed by atoms with E-state index in [9.17, 15) is 4.79 Å². The number of anilines is 1. The van der Waals surface area contributed by atoms with E-state index in [0.29, 0.717) is 22.8 Å². The van der Waals surface area contributed by atoms with Gasteiger partial charge in [-0.05, 0) is 45.8 Å². The molecule has 4 nitrogen and oxygen atoms in total. The molecule has 0 amide bonds. The lowest BCUT2D eigenvalue weighted by Gasteiger charge is -2.11. The number of carbonyl (C=O) groups is 1. The monoisotopic (exact) mass is 354 g/mol. The fourth-order valence-corrected chi connectivity index (χ4v) is 2.28. The average molecular weight is 356 g/mol. The lowest BCUT2D eigenvalue weighted by atomic mass is 10.1. The van der Waals surface area contributed by atoms with Crippen LogP contribution in [0.3, 0.4) is 0 Å². The summed E-state index contributed by atoms with van der Waals surface area (Å²) in [7, 11) is 1.34. The minimum absolute atomic E-state index is 0.406. The predicted molar refractivity (Wildman–Crippen MR) is 82.1 cm³/mol. The summed E-state index contributed by atoms with van der Waals surface area (Å²) in [6.45, 7) is 0.540. The molecule has 0 spiro atoms. The molecule has 1 aromatic heterocycles. The zero-order valence-corrected chi connectivity index (χ0v) is 13.0. The van der Waals surface area contributed by atoms with Gasteiger partial charge in [-0.25, -0.2) is 4.79 Å². The first-order valence-electron chi connectivity index (χ1n) is 5.81. The molecule has 2 aromatic rings. The van der Waals surface area contributed by atoms with Crippen molar-refractivity contribution in [3.8, 4) is 0 Å². The van der Waals surface area contributed by atoms with E-state index < -0.39 is 5.97 Å². The van der Waals surface area contributed by atoms with Crippen LogP contribution in [0.25, 0.3) is 0 Å². The Labute approximate surface area is 130 Å². The summed E-state index contributed by atoms with van der Waals surface area (Å²) in [4.78, 5) is 15.8. The number of nitrogens with one attached hydrogen (secondary N) is 1. The molecule has 0 fully saturated rings. The minimum Gasteiger partial charge on any atom is -0.465 e. The number of hydrogen-bond donors (Lipinski definition) is 1. The van der Waals surface area contributed by atoms with E-state index in [4.69, 9.17) is 16.3 Å². The molecule has 0 aliphatic rings. The van der Waals surface area contributed by atoms with Crippen LogP contribution >= 0.6 is 27.5 Å². The third kappa shape index (κ3) is 3.71. The third-order valence-electron chi connectivity index (χ3n) is 2.63. The van der Waals surface area contributed by atoms with Gasteiger partial charge in [0.15, 0.2) is 0 Å². The number of methoxy groups -OCH3 is 1. The largest absolute Gasteiger partial charge is 0.465 e. The van der Waals surface area contributed by atoms with Gasteiger partial charge in [0, 0.05) is 34.1 Å². The van der Waals surface area contributed by atoms with E-state index in [1.807, 2.05) is 6.07 Å². The Morgan fingerprint density at radius 1 is 1.40 bits per heavy atom. The normalized spacial score (nSPS) is 10.2. The van der Waals surface area contributed by atoms with Gasteiger partial charge in [-0.2, -0.15) is 0 Å².